The van der Waals surface area contributed by atoms with Gasteiger partial charge in [0.05, 0.1) is 32.5 Å². The molecule has 0 fully saturated rings. The molecular weight excluding hydrogens is 234 g/mol. The van der Waals surface area contributed by atoms with Gasteiger partial charge in [-0.1, -0.05) is 0 Å². The highest BCUT2D eigenvalue weighted by Gasteiger charge is 2.08. The van der Waals surface area contributed by atoms with Crippen LogP contribution in [0.15, 0.2) is 12.4 Å². The second kappa shape index (κ2) is 8.91. The molecule has 6 heteroatoms. The zero-order chi connectivity index (χ0) is 13.2. The van der Waals surface area contributed by atoms with E-state index in [0.29, 0.717) is 26.4 Å². The first-order valence-corrected chi connectivity index (χ1v) is 6.12. The molecular formula is C12H23N3O3. The lowest BCUT2D eigenvalue weighted by Crippen LogP contribution is -2.17. The quantitative estimate of drug-likeness (QED) is 0.638. The zero-order valence-corrected chi connectivity index (χ0v) is 11.4. The average Bonchev–Trinajstić information content (AvgIpc) is 2.82. The van der Waals surface area contributed by atoms with Crippen molar-refractivity contribution in [2.24, 2.45) is 0 Å². The number of hydrogen-bond acceptors (Lipinski definition) is 5. The summed E-state index contributed by atoms with van der Waals surface area (Å²) in [6, 6.07) is 0.259. The summed E-state index contributed by atoms with van der Waals surface area (Å²) in [5.74, 6) is 0.842. The minimum Gasteiger partial charge on any atom is -0.383 e. The van der Waals surface area contributed by atoms with Crippen molar-refractivity contribution in [1.29, 1.82) is 0 Å². The molecule has 0 aromatic carbocycles. The van der Waals surface area contributed by atoms with E-state index in [1.807, 2.05) is 6.20 Å². The predicted molar refractivity (Wildman–Crippen MR) is 70.0 cm³/mol. The van der Waals surface area contributed by atoms with E-state index in [9.17, 15) is 0 Å². The van der Waals surface area contributed by atoms with Crippen LogP contribution >= 0.6 is 0 Å². The topological polar surface area (TPSA) is 57.5 Å². The van der Waals surface area contributed by atoms with Gasteiger partial charge in [0.1, 0.15) is 0 Å². The Hall–Kier alpha value is -1.11. The van der Waals surface area contributed by atoms with E-state index < -0.39 is 0 Å². The maximum absolute atomic E-state index is 5.37. The summed E-state index contributed by atoms with van der Waals surface area (Å²) >= 11 is 0. The number of anilines is 1. The first kappa shape index (κ1) is 14.9. The number of nitrogens with zero attached hydrogens (tertiary/aromatic N) is 2. The van der Waals surface area contributed by atoms with Gasteiger partial charge >= 0.3 is 0 Å². The molecule has 1 unspecified atom stereocenters. The van der Waals surface area contributed by atoms with Gasteiger partial charge in [-0.25, -0.2) is 4.98 Å². The molecule has 0 bridgehead atoms. The molecule has 104 valence electrons. The van der Waals surface area contributed by atoms with Crippen LogP contribution in [-0.2, 0) is 14.2 Å². The van der Waals surface area contributed by atoms with Gasteiger partial charge in [-0.15, -0.1) is 0 Å². The Morgan fingerprint density at radius 1 is 1.28 bits per heavy atom. The fourth-order valence-electron chi connectivity index (χ4n) is 1.61. The maximum Gasteiger partial charge on any atom is 0.203 e. The van der Waals surface area contributed by atoms with Crippen LogP contribution in [0.4, 0.5) is 5.95 Å². The maximum atomic E-state index is 5.37. The highest BCUT2D eigenvalue weighted by Crippen LogP contribution is 2.13. The van der Waals surface area contributed by atoms with Crippen LogP contribution in [0.1, 0.15) is 13.0 Å². The largest absolute Gasteiger partial charge is 0.383 e. The second-order valence-corrected chi connectivity index (χ2v) is 3.99. The Kier molecular flexibility index (Phi) is 7.40. The van der Waals surface area contributed by atoms with E-state index >= 15 is 0 Å². The molecule has 0 aliphatic carbocycles. The SMILES string of the molecule is COCCOCCNc1nccn1C(C)COC. The smallest absolute Gasteiger partial charge is 0.203 e. The third-order valence-corrected chi connectivity index (χ3v) is 2.51. The van der Waals surface area contributed by atoms with Gasteiger partial charge in [-0.2, -0.15) is 0 Å². The molecule has 1 aromatic heterocycles. The monoisotopic (exact) mass is 257 g/mol. The number of nitrogens with one attached hydrogen (secondary N) is 1. The lowest BCUT2D eigenvalue weighted by Gasteiger charge is -2.16. The molecule has 6 nitrogen and oxygen atoms in total. The summed E-state index contributed by atoms with van der Waals surface area (Å²) in [6.07, 6.45) is 3.72. The second-order valence-electron chi connectivity index (χ2n) is 3.99. The van der Waals surface area contributed by atoms with Crippen molar-refractivity contribution in [1.82, 2.24) is 9.55 Å². The third-order valence-electron chi connectivity index (χ3n) is 2.51. The van der Waals surface area contributed by atoms with Crippen LogP contribution in [0.2, 0.25) is 0 Å². The predicted octanol–water partition coefficient (Wildman–Crippen LogP) is 1.17. The van der Waals surface area contributed by atoms with E-state index in [1.165, 1.54) is 0 Å². The van der Waals surface area contributed by atoms with Crippen molar-refractivity contribution in [2.75, 3.05) is 52.5 Å². The van der Waals surface area contributed by atoms with E-state index in [2.05, 4.69) is 21.8 Å². The summed E-state index contributed by atoms with van der Waals surface area (Å²) in [4.78, 5) is 4.27. The minimum atomic E-state index is 0.259. The molecule has 1 heterocycles. The molecule has 0 aliphatic heterocycles. The highest BCUT2D eigenvalue weighted by molar-refractivity contribution is 5.26. The number of rotatable bonds is 10. The van der Waals surface area contributed by atoms with Gasteiger partial charge < -0.3 is 24.1 Å². The number of methoxy groups -OCH3 is 2. The molecule has 1 rings (SSSR count). The van der Waals surface area contributed by atoms with Gasteiger partial charge in [-0.3, -0.25) is 0 Å². The van der Waals surface area contributed by atoms with Gasteiger partial charge in [-0.05, 0) is 6.92 Å². The average molecular weight is 257 g/mol. The van der Waals surface area contributed by atoms with Crippen LogP contribution in [0.5, 0.6) is 0 Å². The van der Waals surface area contributed by atoms with Crippen LogP contribution in [-0.4, -0.2) is 56.7 Å². The fraction of sp³-hybridized carbons (Fsp3) is 0.750. The summed E-state index contributed by atoms with van der Waals surface area (Å²) in [5, 5.41) is 3.24. The molecule has 0 aliphatic rings. The van der Waals surface area contributed by atoms with E-state index in [0.717, 1.165) is 12.5 Å². The van der Waals surface area contributed by atoms with Crippen molar-refractivity contribution in [3.05, 3.63) is 12.4 Å². The van der Waals surface area contributed by atoms with Crippen LogP contribution in [0, 0.1) is 0 Å². The number of hydrogen-bond donors (Lipinski definition) is 1. The standard InChI is InChI=1S/C12H23N3O3/c1-11(10-17-3)15-6-4-13-12(15)14-5-7-18-9-8-16-2/h4,6,11H,5,7-10H2,1-3H3,(H,13,14). The minimum absolute atomic E-state index is 0.259. The summed E-state index contributed by atoms with van der Waals surface area (Å²) in [7, 11) is 3.36. The first-order chi connectivity index (χ1) is 8.79. The summed E-state index contributed by atoms with van der Waals surface area (Å²) < 4.78 is 17.5. The number of aromatic nitrogens is 2. The Labute approximate surface area is 108 Å². The van der Waals surface area contributed by atoms with Gasteiger partial charge in [0.15, 0.2) is 0 Å². The lowest BCUT2D eigenvalue weighted by molar-refractivity contribution is 0.0758. The molecule has 1 N–H and O–H groups in total. The highest BCUT2D eigenvalue weighted by atomic mass is 16.5. The van der Waals surface area contributed by atoms with Gasteiger partial charge in [0.25, 0.3) is 0 Å². The van der Waals surface area contributed by atoms with Crippen molar-refractivity contribution >= 4 is 5.95 Å². The van der Waals surface area contributed by atoms with Gasteiger partial charge in [0, 0.05) is 33.2 Å². The number of imidazole rings is 1. The molecule has 0 radical (unpaired) electrons. The molecule has 0 amide bonds. The molecule has 0 saturated carbocycles. The molecule has 1 aromatic rings. The Balaban J connectivity index is 2.27. The Morgan fingerprint density at radius 2 is 2.11 bits per heavy atom. The first-order valence-electron chi connectivity index (χ1n) is 6.12. The lowest BCUT2D eigenvalue weighted by atomic mass is 10.3. The molecule has 1 atom stereocenters. The van der Waals surface area contributed by atoms with Crippen LogP contribution in [0.25, 0.3) is 0 Å². The summed E-state index contributed by atoms with van der Waals surface area (Å²) in [5.41, 5.74) is 0. The normalized spacial score (nSPS) is 12.6. The van der Waals surface area contributed by atoms with Gasteiger partial charge in [0.2, 0.25) is 5.95 Å². The van der Waals surface area contributed by atoms with Crippen LogP contribution in [0.3, 0.4) is 0 Å². The fourth-order valence-corrected chi connectivity index (χ4v) is 1.61. The van der Waals surface area contributed by atoms with Crippen molar-refractivity contribution in [2.45, 2.75) is 13.0 Å². The molecule has 0 spiro atoms. The summed E-state index contributed by atoms with van der Waals surface area (Å²) in [6.45, 7) is 5.35. The Morgan fingerprint density at radius 3 is 2.83 bits per heavy atom. The van der Waals surface area contributed by atoms with Crippen LogP contribution < -0.4 is 5.32 Å². The Bertz CT molecular complexity index is 317. The number of ether oxygens (including phenoxy) is 3. The molecule has 18 heavy (non-hydrogen) atoms. The van der Waals surface area contributed by atoms with E-state index in [4.69, 9.17) is 14.2 Å². The third kappa shape index (κ3) is 5.03. The van der Waals surface area contributed by atoms with E-state index in [1.54, 1.807) is 20.4 Å². The van der Waals surface area contributed by atoms with Crippen molar-refractivity contribution in [3.63, 3.8) is 0 Å². The van der Waals surface area contributed by atoms with Crippen molar-refractivity contribution in [3.8, 4) is 0 Å². The van der Waals surface area contributed by atoms with Crippen molar-refractivity contribution < 1.29 is 14.2 Å². The molecule has 0 saturated heterocycles. The zero-order valence-electron chi connectivity index (χ0n) is 11.4. The van der Waals surface area contributed by atoms with E-state index in [-0.39, 0.29) is 6.04 Å².